The molecular weight excluding hydrogens is 130 g/mol. The van der Waals surface area contributed by atoms with Gasteiger partial charge in [-0.3, -0.25) is 0 Å². The van der Waals surface area contributed by atoms with Crippen molar-refractivity contribution in [2.45, 2.75) is 6.10 Å². The Labute approximate surface area is 58.8 Å². The van der Waals surface area contributed by atoms with E-state index in [-0.39, 0.29) is 5.70 Å². The lowest BCUT2D eigenvalue weighted by Crippen LogP contribution is -2.06. The minimum absolute atomic E-state index is 0.190. The second-order valence-corrected chi connectivity index (χ2v) is 1.99. The Morgan fingerprint density at radius 2 is 2.50 bits per heavy atom. The topological polar surface area (TPSA) is 59.4 Å². The Morgan fingerprint density at radius 1 is 1.80 bits per heavy atom. The van der Waals surface area contributed by atoms with Crippen LogP contribution in [0.1, 0.15) is 11.9 Å². The molecule has 0 aliphatic heterocycles. The Hall–Kier alpha value is -1.22. The zero-order valence-electron chi connectivity index (χ0n) is 5.45. The van der Waals surface area contributed by atoms with Gasteiger partial charge in [0.15, 0.2) is 6.10 Å². The maximum absolute atomic E-state index is 9.17. The SMILES string of the molecule is C=C(N)C(O)c1ccco1. The van der Waals surface area contributed by atoms with E-state index in [1.165, 1.54) is 6.26 Å². The summed E-state index contributed by atoms with van der Waals surface area (Å²) in [6.45, 7) is 3.38. The molecule has 1 aromatic heterocycles. The Bertz CT molecular complexity index is 216. The molecule has 0 amide bonds. The minimum atomic E-state index is -0.880. The molecule has 1 aromatic rings. The van der Waals surface area contributed by atoms with E-state index in [1.807, 2.05) is 0 Å². The third-order valence-electron chi connectivity index (χ3n) is 1.16. The summed E-state index contributed by atoms with van der Waals surface area (Å²) in [7, 11) is 0. The zero-order valence-corrected chi connectivity index (χ0v) is 5.45. The molecule has 1 unspecified atom stereocenters. The van der Waals surface area contributed by atoms with E-state index in [0.29, 0.717) is 5.76 Å². The fraction of sp³-hybridized carbons (Fsp3) is 0.143. The molecule has 0 saturated carbocycles. The van der Waals surface area contributed by atoms with Gasteiger partial charge in [0.1, 0.15) is 5.76 Å². The van der Waals surface area contributed by atoms with Crippen LogP contribution in [0.2, 0.25) is 0 Å². The van der Waals surface area contributed by atoms with Crippen molar-refractivity contribution in [3.8, 4) is 0 Å². The summed E-state index contributed by atoms with van der Waals surface area (Å²) in [5, 5.41) is 9.17. The van der Waals surface area contributed by atoms with Crippen LogP contribution >= 0.6 is 0 Å². The zero-order chi connectivity index (χ0) is 7.56. The summed E-state index contributed by atoms with van der Waals surface area (Å²) in [5.74, 6) is 0.424. The molecule has 0 radical (unpaired) electrons. The Kier molecular flexibility index (Phi) is 1.78. The average molecular weight is 139 g/mol. The van der Waals surface area contributed by atoms with Crippen molar-refractivity contribution in [2.24, 2.45) is 5.73 Å². The molecule has 10 heavy (non-hydrogen) atoms. The molecule has 0 saturated heterocycles. The maximum atomic E-state index is 9.17. The quantitative estimate of drug-likeness (QED) is 0.636. The number of aliphatic hydroxyl groups is 1. The Balaban J connectivity index is 2.77. The third-order valence-corrected chi connectivity index (χ3v) is 1.16. The monoisotopic (exact) mass is 139 g/mol. The summed E-state index contributed by atoms with van der Waals surface area (Å²) in [4.78, 5) is 0. The molecule has 1 atom stereocenters. The molecule has 1 heterocycles. The van der Waals surface area contributed by atoms with E-state index in [1.54, 1.807) is 12.1 Å². The molecule has 0 aromatic carbocycles. The fourth-order valence-corrected chi connectivity index (χ4v) is 0.630. The van der Waals surface area contributed by atoms with E-state index in [2.05, 4.69) is 6.58 Å². The highest BCUT2D eigenvalue weighted by atomic mass is 16.4. The highest BCUT2D eigenvalue weighted by molar-refractivity contribution is 5.12. The molecule has 3 heteroatoms. The van der Waals surface area contributed by atoms with Gasteiger partial charge in [0, 0.05) is 5.70 Å². The lowest BCUT2D eigenvalue weighted by molar-refractivity contribution is 0.184. The van der Waals surface area contributed by atoms with Gasteiger partial charge in [0.25, 0.3) is 0 Å². The van der Waals surface area contributed by atoms with Crippen LogP contribution < -0.4 is 5.73 Å². The van der Waals surface area contributed by atoms with Gasteiger partial charge in [-0.25, -0.2) is 0 Å². The van der Waals surface area contributed by atoms with E-state index in [9.17, 15) is 0 Å². The smallest absolute Gasteiger partial charge is 0.150 e. The molecule has 0 bridgehead atoms. The molecule has 54 valence electrons. The van der Waals surface area contributed by atoms with Gasteiger partial charge >= 0.3 is 0 Å². The van der Waals surface area contributed by atoms with Crippen LogP contribution in [0.3, 0.4) is 0 Å². The molecular formula is C7H9NO2. The lowest BCUT2D eigenvalue weighted by atomic mass is 10.2. The van der Waals surface area contributed by atoms with E-state index >= 15 is 0 Å². The standard InChI is InChI=1S/C7H9NO2/c1-5(8)7(9)6-3-2-4-10-6/h2-4,7,9H,1,8H2. The highest BCUT2D eigenvalue weighted by Gasteiger charge is 2.10. The van der Waals surface area contributed by atoms with Gasteiger partial charge in [-0.2, -0.15) is 0 Å². The summed E-state index contributed by atoms with van der Waals surface area (Å²) < 4.78 is 4.87. The first-order chi connectivity index (χ1) is 4.72. The molecule has 3 nitrogen and oxygen atoms in total. The number of nitrogens with two attached hydrogens (primary N) is 1. The number of hydrogen-bond donors (Lipinski definition) is 2. The van der Waals surface area contributed by atoms with Crippen molar-refractivity contribution in [3.05, 3.63) is 36.4 Å². The van der Waals surface area contributed by atoms with Crippen molar-refractivity contribution in [1.29, 1.82) is 0 Å². The van der Waals surface area contributed by atoms with Crippen molar-refractivity contribution >= 4 is 0 Å². The highest BCUT2D eigenvalue weighted by Crippen LogP contribution is 2.16. The summed E-state index contributed by atoms with van der Waals surface area (Å²) in [6.07, 6.45) is 0.594. The van der Waals surface area contributed by atoms with Crippen molar-refractivity contribution in [2.75, 3.05) is 0 Å². The van der Waals surface area contributed by atoms with Crippen LogP contribution in [0.4, 0.5) is 0 Å². The number of furan rings is 1. The van der Waals surface area contributed by atoms with Crippen LogP contribution in [0.15, 0.2) is 35.1 Å². The summed E-state index contributed by atoms with van der Waals surface area (Å²) in [5.41, 5.74) is 5.41. The van der Waals surface area contributed by atoms with Crippen LogP contribution in [0, 0.1) is 0 Å². The van der Waals surface area contributed by atoms with E-state index in [0.717, 1.165) is 0 Å². The molecule has 3 N–H and O–H groups in total. The summed E-state index contributed by atoms with van der Waals surface area (Å²) in [6, 6.07) is 3.32. The second-order valence-electron chi connectivity index (χ2n) is 1.99. The Morgan fingerprint density at radius 3 is 2.90 bits per heavy atom. The van der Waals surface area contributed by atoms with Crippen LogP contribution in [-0.4, -0.2) is 5.11 Å². The van der Waals surface area contributed by atoms with Gasteiger partial charge < -0.3 is 15.3 Å². The lowest BCUT2D eigenvalue weighted by Gasteiger charge is -2.04. The van der Waals surface area contributed by atoms with Gasteiger partial charge in [-0.15, -0.1) is 0 Å². The van der Waals surface area contributed by atoms with Gasteiger partial charge in [0.2, 0.25) is 0 Å². The van der Waals surface area contributed by atoms with Crippen molar-refractivity contribution in [3.63, 3.8) is 0 Å². The van der Waals surface area contributed by atoms with Gasteiger partial charge in [-0.05, 0) is 12.1 Å². The van der Waals surface area contributed by atoms with Crippen LogP contribution in [0.5, 0.6) is 0 Å². The average Bonchev–Trinajstić information content (AvgIpc) is 2.36. The van der Waals surface area contributed by atoms with Gasteiger partial charge in [-0.1, -0.05) is 6.58 Å². The molecule has 0 spiro atoms. The van der Waals surface area contributed by atoms with Gasteiger partial charge in [0.05, 0.1) is 6.26 Å². The first kappa shape index (κ1) is 6.89. The molecule has 0 aliphatic rings. The molecule has 1 rings (SSSR count). The molecule has 0 aliphatic carbocycles. The minimum Gasteiger partial charge on any atom is -0.466 e. The predicted molar refractivity (Wildman–Crippen MR) is 37.0 cm³/mol. The number of hydrogen-bond acceptors (Lipinski definition) is 3. The van der Waals surface area contributed by atoms with E-state index in [4.69, 9.17) is 15.3 Å². The predicted octanol–water partition coefficient (Wildman–Crippen LogP) is 0.785. The number of rotatable bonds is 2. The summed E-state index contributed by atoms with van der Waals surface area (Å²) >= 11 is 0. The number of aliphatic hydroxyl groups excluding tert-OH is 1. The normalized spacial score (nSPS) is 12.9. The second kappa shape index (κ2) is 2.58. The largest absolute Gasteiger partial charge is 0.466 e. The van der Waals surface area contributed by atoms with Crippen LogP contribution in [-0.2, 0) is 0 Å². The molecule has 0 fully saturated rings. The fourth-order valence-electron chi connectivity index (χ4n) is 0.630. The van der Waals surface area contributed by atoms with E-state index < -0.39 is 6.10 Å². The third kappa shape index (κ3) is 1.19. The van der Waals surface area contributed by atoms with Crippen molar-refractivity contribution in [1.82, 2.24) is 0 Å². The van der Waals surface area contributed by atoms with Crippen LogP contribution in [0.25, 0.3) is 0 Å². The van der Waals surface area contributed by atoms with Crippen molar-refractivity contribution < 1.29 is 9.52 Å². The maximum Gasteiger partial charge on any atom is 0.150 e. The first-order valence-electron chi connectivity index (χ1n) is 2.87. The first-order valence-corrected chi connectivity index (χ1v) is 2.87.